The second-order valence-electron chi connectivity index (χ2n) is 6.05. The van der Waals surface area contributed by atoms with Crippen molar-refractivity contribution < 1.29 is 14.3 Å². The highest BCUT2D eigenvalue weighted by Gasteiger charge is 2.20. The number of benzene rings is 1. The van der Waals surface area contributed by atoms with Crippen LogP contribution in [-0.2, 0) is 16.1 Å². The van der Waals surface area contributed by atoms with Crippen molar-refractivity contribution in [1.29, 1.82) is 0 Å². The number of aromatic amines is 1. The fourth-order valence-electron chi connectivity index (χ4n) is 2.78. The van der Waals surface area contributed by atoms with E-state index in [0.717, 1.165) is 12.8 Å². The zero-order chi connectivity index (χ0) is 19.2. The molecule has 1 aliphatic rings. The average Bonchev–Trinajstić information content (AvgIpc) is 3.31. The van der Waals surface area contributed by atoms with E-state index in [2.05, 4.69) is 20.8 Å². The Morgan fingerprint density at radius 1 is 1.44 bits per heavy atom. The van der Waals surface area contributed by atoms with Crippen molar-refractivity contribution in [2.75, 3.05) is 24.7 Å². The van der Waals surface area contributed by atoms with Crippen LogP contribution in [0.3, 0.4) is 0 Å². The van der Waals surface area contributed by atoms with Gasteiger partial charge in [0, 0.05) is 24.9 Å². The molecule has 0 radical (unpaired) electrons. The zero-order valence-corrected chi connectivity index (χ0v) is 15.7. The molecule has 1 fully saturated rings. The molecule has 3 rings (SSSR count). The molecule has 0 saturated carbocycles. The second-order valence-corrected chi connectivity index (χ2v) is 7.00. The molecule has 3 N–H and O–H groups in total. The fourth-order valence-corrected chi connectivity index (χ4v) is 3.53. The van der Waals surface area contributed by atoms with Gasteiger partial charge in [-0.3, -0.25) is 14.2 Å². The fraction of sp³-hybridized carbons (Fsp3) is 0.412. The maximum Gasteiger partial charge on any atom is 0.344 e. The predicted octanol–water partition coefficient (Wildman–Crippen LogP) is 0.841. The number of amides is 2. The molecule has 9 nitrogen and oxygen atoms in total. The number of ether oxygens (including phenoxy) is 1. The molecule has 2 amide bonds. The lowest BCUT2D eigenvalue weighted by Gasteiger charge is -2.11. The molecule has 1 aromatic carbocycles. The van der Waals surface area contributed by atoms with Gasteiger partial charge in [0.1, 0.15) is 0 Å². The summed E-state index contributed by atoms with van der Waals surface area (Å²) in [5.74, 6) is -0.400. The molecule has 0 spiro atoms. The Bertz CT molecular complexity index is 872. The van der Waals surface area contributed by atoms with Crippen LogP contribution in [0.4, 0.5) is 5.69 Å². The number of carbonyl (C=O) groups is 2. The van der Waals surface area contributed by atoms with E-state index in [1.165, 1.54) is 16.3 Å². The largest absolute Gasteiger partial charge is 0.376 e. The Morgan fingerprint density at radius 3 is 3.04 bits per heavy atom. The minimum Gasteiger partial charge on any atom is -0.376 e. The summed E-state index contributed by atoms with van der Waals surface area (Å²) < 4.78 is 7.06. The molecule has 1 aromatic heterocycles. The Balaban J connectivity index is 1.58. The summed E-state index contributed by atoms with van der Waals surface area (Å²) in [6.07, 6.45) is 1.89. The summed E-state index contributed by atoms with van der Waals surface area (Å²) in [6.45, 7) is 1.13. The summed E-state index contributed by atoms with van der Waals surface area (Å²) in [7, 11) is 1.55. The third kappa shape index (κ3) is 4.98. The number of H-pyrrole nitrogens is 1. The number of nitrogens with one attached hydrogen (secondary N) is 3. The van der Waals surface area contributed by atoms with Gasteiger partial charge in [-0.05, 0) is 31.0 Å². The predicted molar refractivity (Wildman–Crippen MR) is 101 cm³/mol. The van der Waals surface area contributed by atoms with Crippen LogP contribution in [-0.4, -0.2) is 52.1 Å². The van der Waals surface area contributed by atoms with Gasteiger partial charge in [-0.2, -0.15) is 0 Å². The van der Waals surface area contributed by atoms with Crippen LogP contribution in [0.2, 0.25) is 0 Å². The first-order valence-corrected chi connectivity index (χ1v) is 9.57. The van der Waals surface area contributed by atoms with Crippen molar-refractivity contribution in [3.05, 3.63) is 40.3 Å². The molecule has 144 valence electrons. The summed E-state index contributed by atoms with van der Waals surface area (Å²) in [6, 6.07) is 6.66. The van der Waals surface area contributed by atoms with E-state index in [4.69, 9.17) is 4.74 Å². The normalized spacial score (nSPS) is 16.3. The van der Waals surface area contributed by atoms with Gasteiger partial charge in [0.05, 0.1) is 18.4 Å². The topological polar surface area (TPSA) is 118 Å². The molecule has 0 unspecified atom stereocenters. The minimum absolute atomic E-state index is 0.000860. The average molecular weight is 391 g/mol. The zero-order valence-electron chi connectivity index (χ0n) is 14.9. The van der Waals surface area contributed by atoms with Gasteiger partial charge in [0.15, 0.2) is 5.16 Å². The van der Waals surface area contributed by atoms with E-state index in [1.807, 2.05) is 0 Å². The van der Waals surface area contributed by atoms with E-state index in [9.17, 15) is 14.4 Å². The lowest BCUT2D eigenvalue weighted by atomic mass is 10.2. The van der Waals surface area contributed by atoms with Crippen molar-refractivity contribution >= 4 is 29.3 Å². The van der Waals surface area contributed by atoms with E-state index in [0.29, 0.717) is 29.6 Å². The van der Waals surface area contributed by atoms with Crippen molar-refractivity contribution in [2.24, 2.45) is 0 Å². The van der Waals surface area contributed by atoms with E-state index in [-0.39, 0.29) is 29.4 Å². The third-order valence-corrected chi connectivity index (χ3v) is 5.08. The van der Waals surface area contributed by atoms with Gasteiger partial charge >= 0.3 is 5.69 Å². The van der Waals surface area contributed by atoms with Crippen LogP contribution in [0.5, 0.6) is 0 Å². The first-order valence-electron chi connectivity index (χ1n) is 8.58. The van der Waals surface area contributed by atoms with Gasteiger partial charge < -0.3 is 15.4 Å². The number of nitrogens with zero attached hydrogens (tertiary/aromatic N) is 2. The van der Waals surface area contributed by atoms with Crippen LogP contribution in [0.15, 0.2) is 34.2 Å². The summed E-state index contributed by atoms with van der Waals surface area (Å²) in [4.78, 5) is 35.8. The van der Waals surface area contributed by atoms with Gasteiger partial charge in [-0.25, -0.2) is 9.89 Å². The molecule has 27 heavy (non-hydrogen) atoms. The molecule has 1 atom stereocenters. The molecular formula is C17H21N5O4S. The van der Waals surface area contributed by atoms with Crippen LogP contribution in [0.1, 0.15) is 23.2 Å². The van der Waals surface area contributed by atoms with Crippen LogP contribution >= 0.6 is 11.8 Å². The quantitative estimate of drug-likeness (QED) is 0.602. The third-order valence-electron chi connectivity index (χ3n) is 4.10. The first-order chi connectivity index (χ1) is 13.1. The summed E-state index contributed by atoms with van der Waals surface area (Å²) >= 11 is 1.17. The summed E-state index contributed by atoms with van der Waals surface area (Å²) in [5.41, 5.74) is 0.674. The monoisotopic (exact) mass is 391 g/mol. The lowest BCUT2D eigenvalue weighted by molar-refractivity contribution is -0.113. The van der Waals surface area contributed by atoms with E-state index in [1.54, 1.807) is 31.3 Å². The number of aromatic nitrogens is 3. The van der Waals surface area contributed by atoms with E-state index < -0.39 is 0 Å². The molecule has 2 aromatic rings. The number of rotatable bonds is 7. The molecule has 1 aliphatic heterocycles. The maximum atomic E-state index is 12.2. The molecule has 0 bridgehead atoms. The van der Waals surface area contributed by atoms with Gasteiger partial charge in [0.2, 0.25) is 5.91 Å². The van der Waals surface area contributed by atoms with Crippen molar-refractivity contribution in [1.82, 2.24) is 20.1 Å². The SMILES string of the molecule is CNC(=O)c1cccc(NC(=O)CSc2n[nH]c(=O)n2C[C@H]2CCCO2)c1. The van der Waals surface area contributed by atoms with Crippen LogP contribution in [0, 0.1) is 0 Å². The number of thioether (sulfide) groups is 1. The van der Waals surface area contributed by atoms with E-state index >= 15 is 0 Å². The van der Waals surface area contributed by atoms with Crippen LogP contribution < -0.4 is 16.3 Å². The minimum atomic E-state index is -0.313. The molecular weight excluding hydrogens is 370 g/mol. The highest BCUT2D eigenvalue weighted by atomic mass is 32.2. The van der Waals surface area contributed by atoms with Gasteiger partial charge in [-0.1, -0.05) is 17.8 Å². The number of hydrogen-bond donors (Lipinski definition) is 3. The molecule has 2 heterocycles. The first kappa shape index (κ1) is 19.2. The van der Waals surface area contributed by atoms with Crippen molar-refractivity contribution in [3.63, 3.8) is 0 Å². The number of carbonyl (C=O) groups excluding carboxylic acids is 2. The molecule has 1 saturated heterocycles. The summed E-state index contributed by atoms with van der Waals surface area (Å²) in [5, 5.41) is 12.1. The Labute approximate surface area is 159 Å². The number of hydrogen-bond acceptors (Lipinski definition) is 6. The molecule has 0 aliphatic carbocycles. The smallest absolute Gasteiger partial charge is 0.344 e. The van der Waals surface area contributed by atoms with Crippen molar-refractivity contribution in [3.8, 4) is 0 Å². The van der Waals surface area contributed by atoms with Gasteiger partial charge in [0.25, 0.3) is 5.91 Å². The Kier molecular flexibility index (Phi) is 6.30. The maximum absolute atomic E-state index is 12.2. The Morgan fingerprint density at radius 2 is 2.30 bits per heavy atom. The standard InChI is InChI=1S/C17H21N5O4S/c1-18-15(24)11-4-2-5-12(8-11)19-14(23)10-27-17-21-20-16(25)22(17)9-13-6-3-7-26-13/h2,4-5,8,13H,3,6-7,9-10H2,1H3,(H,18,24)(H,19,23)(H,20,25)/t13-/m1/s1. The molecule has 10 heteroatoms. The van der Waals surface area contributed by atoms with Crippen molar-refractivity contribution in [2.45, 2.75) is 30.6 Å². The Hall–Kier alpha value is -2.59. The lowest BCUT2D eigenvalue weighted by Crippen LogP contribution is -2.25. The van der Waals surface area contributed by atoms with Crippen LogP contribution in [0.25, 0.3) is 0 Å². The second kappa shape index (κ2) is 8.87. The number of anilines is 1. The van der Waals surface area contributed by atoms with Gasteiger partial charge in [-0.15, -0.1) is 5.10 Å². The highest BCUT2D eigenvalue weighted by Crippen LogP contribution is 2.18. The highest BCUT2D eigenvalue weighted by molar-refractivity contribution is 7.99.